The number of rotatable bonds is 10. The van der Waals surface area contributed by atoms with Gasteiger partial charge in [0.15, 0.2) is 0 Å². The minimum atomic E-state index is -0.122. The van der Waals surface area contributed by atoms with E-state index >= 15 is 0 Å². The molecule has 0 radical (unpaired) electrons. The van der Waals surface area contributed by atoms with Gasteiger partial charge in [-0.3, -0.25) is 0 Å². The zero-order chi connectivity index (χ0) is 51.5. The van der Waals surface area contributed by atoms with Crippen molar-refractivity contribution in [1.82, 2.24) is 4.57 Å². The van der Waals surface area contributed by atoms with E-state index in [9.17, 15) is 0 Å². The summed E-state index contributed by atoms with van der Waals surface area (Å²) in [4.78, 5) is 2.41. The average molecular weight is 983 g/mol. The SMILES string of the molecule is CC1(C)c2ccccc2-c2ccc(N(c3ccc(-c4ccc(-c5ccccc5)cc4)cc3)c3ccc(-c4ccc(-c5ccccc5-n5c6ccc(-c7ccccc7)cc6c6cc(-c7ccccc7)ccc65)cc4)cc3)cc21. The number of anilines is 3. The van der Waals surface area contributed by atoms with Crippen LogP contribution >= 0.6 is 0 Å². The van der Waals surface area contributed by atoms with Crippen molar-refractivity contribution in [2.75, 3.05) is 4.90 Å². The second-order valence-corrected chi connectivity index (χ2v) is 20.9. The van der Waals surface area contributed by atoms with Crippen LogP contribution in [0.4, 0.5) is 17.1 Å². The predicted octanol–water partition coefficient (Wildman–Crippen LogP) is 20.6. The molecule has 1 heterocycles. The normalized spacial score (nSPS) is 12.4. The number of hydrogen-bond acceptors (Lipinski definition) is 1. The molecule has 0 atom stereocenters. The van der Waals surface area contributed by atoms with Crippen LogP contribution in [0.3, 0.4) is 0 Å². The number of benzene rings is 12. The molecule has 13 aromatic rings. The Labute approximate surface area is 451 Å². The largest absolute Gasteiger partial charge is 0.310 e. The summed E-state index contributed by atoms with van der Waals surface area (Å²) in [6.45, 7) is 4.71. The van der Waals surface area contributed by atoms with Crippen LogP contribution in [0.1, 0.15) is 25.0 Å². The first-order valence-electron chi connectivity index (χ1n) is 26.7. The molecule has 0 saturated carbocycles. The van der Waals surface area contributed by atoms with E-state index in [1.54, 1.807) is 0 Å². The highest BCUT2D eigenvalue weighted by atomic mass is 15.1. The van der Waals surface area contributed by atoms with Gasteiger partial charge in [0.1, 0.15) is 0 Å². The molecular formula is C75H54N2. The second-order valence-electron chi connectivity index (χ2n) is 20.9. The fourth-order valence-corrected chi connectivity index (χ4v) is 12.0. The number of hydrogen-bond donors (Lipinski definition) is 0. The Bertz CT molecular complexity index is 4190. The van der Waals surface area contributed by atoms with Gasteiger partial charge in [0, 0.05) is 38.8 Å². The maximum absolute atomic E-state index is 2.46. The molecule has 1 aliphatic carbocycles. The zero-order valence-corrected chi connectivity index (χ0v) is 43.1. The third kappa shape index (κ3) is 8.14. The van der Waals surface area contributed by atoms with Crippen molar-refractivity contribution in [2.24, 2.45) is 0 Å². The van der Waals surface area contributed by atoms with E-state index in [1.165, 1.54) is 111 Å². The van der Waals surface area contributed by atoms with Gasteiger partial charge in [-0.1, -0.05) is 238 Å². The fraction of sp³-hybridized carbons (Fsp3) is 0.0400. The number of fused-ring (bicyclic) bond motifs is 6. The minimum absolute atomic E-state index is 0.122. The molecule has 2 heteroatoms. The van der Waals surface area contributed by atoms with E-state index in [1.807, 2.05) is 0 Å². The van der Waals surface area contributed by atoms with E-state index in [4.69, 9.17) is 0 Å². The smallest absolute Gasteiger partial charge is 0.0541 e. The number of para-hydroxylation sites is 1. The first kappa shape index (κ1) is 45.8. The van der Waals surface area contributed by atoms with Crippen LogP contribution < -0.4 is 4.90 Å². The van der Waals surface area contributed by atoms with Gasteiger partial charge >= 0.3 is 0 Å². The van der Waals surface area contributed by atoms with Gasteiger partial charge in [-0.2, -0.15) is 0 Å². The predicted molar refractivity (Wildman–Crippen MR) is 326 cm³/mol. The Morgan fingerprint density at radius 2 is 0.610 bits per heavy atom. The highest BCUT2D eigenvalue weighted by Crippen LogP contribution is 2.51. The molecule has 14 rings (SSSR count). The van der Waals surface area contributed by atoms with Crippen LogP contribution in [0.15, 0.2) is 291 Å². The molecule has 77 heavy (non-hydrogen) atoms. The van der Waals surface area contributed by atoms with E-state index in [0.29, 0.717) is 0 Å². The lowest BCUT2D eigenvalue weighted by molar-refractivity contribution is 0.660. The number of nitrogens with zero attached hydrogens (tertiary/aromatic N) is 2. The summed E-state index contributed by atoms with van der Waals surface area (Å²) in [7, 11) is 0. The van der Waals surface area contributed by atoms with E-state index in [2.05, 4.69) is 315 Å². The van der Waals surface area contributed by atoms with Crippen molar-refractivity contribution in [1.29, 1.82) is 0 Å². The highest BCUT2D eigenvalue weighted by molar-refractivity contribution is 6.12. The van der Waals surface area contributed by atoms with E-state index in [-0.39, 0.29) is 5.41 Å². The molecule has 0 bridgehead atoms. The molecule has 0 unspecified atom stereocenters. The lowest BCUT2D eigenvalue weighted by atomic mass is 9.82. The van der Waals surface area contributed by atoms with Gasteiger partial charge in [-0.05, 0) is 150 Å². The topological polar surface area (TPSA) is 8.17 Å². The molecule has 0 spiro atoms. The molecule has 1 aromatic heterocycles. The average Bonchev–Trinajstić information content (AvgIpc) is 4.00. The molecule has 0 N–H and O–H groups in total. The van der Waals surface area contributed by atoms with Crippen molar-refractivity contribution >= 4 is 38.9 Å². The van der Waals surface area contributed by atoms with E-state index in [0.717, 1.165) is 22.7 Å². The Hall–Kier alpha value is -9.76. The van der Waals surface area contributed by atoms with Gasteiger partial charge in [0.2, 0.25) is 0 Å². The summed E-state index contributed by atoms with van der Waals surface area (Å²) in [6, 6.07) is 107. The van der Waals surface area contributed by atoms with Crippen LogP contribution in [0.25, 0.3) is 105 Å². The number of aromatic nitrogens is 1. The first-order chi connectivity index (χ1) is 37.9. The molecule has 0 saturated heterocycles. The molecule has 1 aliphatic rings. The van der Waals surface area contributed by atoms with Gasteiger partial charge in [0.25, 0.3) is 0 Å². The third-order valence-corrected chi connectivity index (χ3v) is 16.1. The summed E-state index contributed by atoms with van der Waals surface area (Å²) >= 11 is 0. The quantitative estimate of drug-likeness (QED) is 0.133. The molecule has 364 valence electrons. The standard InChI is InChI=1S/C75H54N2/c1-75(2)70-24-14-12-23-66(70)67-45-44-64(50-71(67)75)76(62-40-34-57(35-41-62)55-28-26-54(27-29-55)51-16-6-3-7-17-51)63-42-36-58(37-43-63)56-30-32-59(33-31-56)65-22-13-15-25-72(65)77-73-46-38-60(52-18-8-4-9-19-52)48-68(73)69-49-61(39-47-74(69)77)53-20-10-5-11-21-53/h3-50H,1-2H3. The van der Waals surface area contributed by atoms with E-state index < -0.39 is 0 Å². The van der Waals surface area contributed by atoms with Crippen molar-refractivity contribution in [3.8, 4) is 83.6 Å². The van der Waals surface area contributed by atoms with Crippen LogP contribution in [-0.4, -0.2) is 4.57 Å². The van der Waals surface area contributed by atoms with Crippen LogP contribution in [-0.2, 0) is 5.41 Å². The lowest BCUT2D eigenvalue weighted by Gasteiger charge is -2.28. The van der Waals surface area contributed by atoms with Crippen LogP contribution in [0, 0.1) is 0 Å². The molecule has 2 nitrogen and oxygen atoms in total. The van der Waals surface area contributed by atoms with Crippen molar-refractivity contribution in [3.63, 3.8) is 0 Å². The summed E-state index contributed by atoms with van der Waals surface area (Å²) in [5, 5.41) is 2.47. The molecular weight excluding hydrogens is 929 g/mol. The van der Waals surface area contributed by atoms with Gasteiger partial charge in [-0.25, -0.2) is 0 Å². The summed E-state index contributed by atoms with van der Waals surface area (Å²) in [5.74, 6) is 0. The molecule has 0 fully saturated rings. The Morgan fingerprint density at radius 1 is 0.260 bits per heavy atom. The van der Waals surface area contributed by atoms with Crippen molar-refractivity contribution in [3.05, 3.63) is 302 Å². The first-order valence-corrected chi connectivity index (χ1v) is 26.7. The van der Waals surface area contributed by atoms with Gasteiger partial charge in [-0.15, -0.1) is 0 Å². The van der Waals surface area contributed by atoms with Crippen molar-refractivity contribution < 1.29 is 0 Å². The Morgan fingerprint density at radius 3 is 1.10 bits per heavy atom. The maximum atomic E-state index is 2.46. The monoisotopic (exact) mass is 982 g/mol. The lowest BCUT2D eigenvalue weighted by Crippen LogP contribution is -2.16. The molecule has 0 aliphatic heterocycles. The Kier molecular flexibility index (Phi) is 11.2. The summed E-state index contributed by atoms with van der Waals surface area (Å²) < 4.78 is 2.46. The molecule has 0 amide bonds. The maximum Gasteiger partial charge on any atom is 0.0541 e. The fourth-order valence-electron chi connectivity index (χ4n) is 12.0. The zero-order valence-electron chi connectivity index (χ0n) is 43.1. The molecule has 12 aromatic carbocycles. The summed E-state index contributed by atoms with van der Waals surface area (Å²) in [5.41, 5.74) is 26.5. The highest BCUT2D eigenvalue weighted by Gasteiger charge is 2.36. The Balaban J connectivity index is 0.806. The third-order valence-electron chi connectivity index (χ3n) is 16.1. The minimum Gasteiger partial charge on any atom is -0.310 e. The van der Waals surface area contributed by atoms with Crippen LogP contribution in [0.2, 0.25) is 0 Å². The second kappa shape index (κ2) is 18.9. The summed E-state index contributed by atoms with van der Waals surface area (Å²) in [6.07, 6.45) is 0. The van der Waals surface area contributed by atoms with Crippen molar-refractivity contribution in [2.45, 2.75) is 19.3 Å². The van der Waals surface area contributed by atoms with Gasteiger partial charge < -0.3 is 9.47 Å². The van der Waals surface area contributed by atoms with Gasteiger partial charge in [0.05, 0.1) is 16.7 Å². The van der Waals surface area contributed by atoms with Crippen LogP contribution in [0.5, 0.6) is 0 Å².